The SMILES string of the molecule is COc1ccc(C(=O)Nc2ccc(C3SCC(=O)N3c3ccc(C)c(F)c3)cc2)cc1. The van der Waals surface area contributed by atoms with Gasteiger partial charge in [0.25, 0.3) is 5.91 Å². The zero-order valence-corrected chi connectivity index (χ0v) is 17.9. The average molecular weight is 437 g/mol. The zero-order valence-electron chi connectivity index (χ0n) is 17.1. The van der Waals surface area contributed by atoms with E-state index < -0.39 is 0 Å². The maximum Gasteiger partial charge on any atom is 0.255 e. The normalized spacial score (nSPS) is 15.8. The van der Waals surface area contributed by atoms with Crippen molar-refractivity contribution in [2.75, 3.05) is 23.1 Å². The molecule has 1 heterocycles. The maximum atomic E-state index is 14.1. The van der Waals surface area contributed by atoms with E-state index in [2.05, 4.69) is 5.32 Å². The van der Waals surface area contributed by atoms with Gasteiger partial charge in [0.1, 0.15) is 16.9 Å². The Morgan fingerprint density at radius 3 is 2.45 bits per heavy atom. The van der Waals surface area contributed by atoms with Gasteiger partial charge < -0.3 is 10.1 Å². The number of hydrogen-bond donors (Lipinski definition) is 1. The van der Waals surface area contributed by atoms with Crippen LogP contribution in [0.5, 0.6) is 5.75 Å². The molecule has 7 heteroatoms. The number of carbonyl (C=O) groups excluding carboxylic acids is 2. The lowest BCUT2D eigenvalue weighted by molar-refractivity contribution is -0.115. The standard InChI is InChI=1S/C24H21FN2O3S/c1-15-3-10-19(13-21(15)25)27-22(28)14-31-24(27)17-4-8-18(9-5-17)26-23(29)16-6-11-20(30-2)12-7-16/h3-13,24H,14H2,1-2H3,(H,26,29). The first-order chi connectivity index (χ1) is 15.0. The molecule has 0 bridgehead atoms. The zero-order chi connectivity index (χ0) is 22.0. The minimum absolute atomic E-state index is 0.0601. The molecule has 1 N–H and O–H groups in total. The number of halogens is 1. The lowest BCUT2D eigenvalue weighted by atomic mass is 10.1. The number of benzene rings is 3. The van der Waals surface area contributed by atoms with Crippen LogP contribution in [-0.2, 0) is 4.79 Å². The van der Waals surface area contributed by atoms with Crippen molar-refractivity contribution < 1.29 is 18.7 Å². The predicted molar refractivity (Wildman–Crippen MR) is 121 cm³/mol. The predicted octanol–water partition coefficient (Wildman–Crippen LogP) is 5.17. The van der Waals surface area contributed by atoms with Crippen LogP contribution >= 0.6 is 11.8 Å². The fourth-order valence-corrected chi connectivity index (χ4v) is 4.54. The number of hydrogen-bond acceptors (Lipinski definition) is 4. The van der Waals surface area contributed by atoms with Crippen molar-refractivity contribution in [3.05, 3.63) is 89.2 Å². The number of nitrogens with zero attached hydrogens (tertiary/aromatic N) is 1. The molecule has 3 aromatic rings. The minimum Gasteiger partial charge on any atom is -0.497 e. The molecule has 3 aromatic carbocycles. The van der Waals surface area contributed by atoms with Gasteiger partial charge >= 0.3 is 0 Å². The molecule has 0 saturated carbocycles. The van der Waals surface area contributed by atoms with Gasteiger partial charge in [0.2, 0.25) is 5.91 Å². The quantitative estimate of drug-likeness (QED) is 0.599. The second kappa shape index (κ2) is 8.81. The van der Waals surface area contributed by atoms with Crippen LogP contribution in [0.2, 0.25) is 0 Å². The van der Waals surface area contributed by atoms with Crippen LogP contribution in [0, 0.1) is 12.7 Å². The highest BCUT2D eigenvalue weighted by atomic mass is 32.2. The van der Waals surface area contributed by atoms with Crippen molar-refractivity contribution in [3.63, 3.8) is 0 Å². The van der Waals surface area contributed by atoms with Gasteiger partial charge in [-0.05, 0) is 66.6 Å². The Morgan fingerprint density at radius 2 is 1.81 bits per heavy atom. The van der Waals surface area contributed by atoms with Crippen molar-refractivity contribution in [2.24, 2.45) is 0 Å². The number of methoxy groups -OCH3 is 1. The van der Waals surface area contributed by atoms with Crippen LogP contribution in [0.3, 0.4) is 0 Å². The van der Waals surface area contributed by atoms with Crippen LogP contribution in [0.15, 0.2) is 66.7 Å². The topological polar surface area (TPSA) is 58.6 Å². The van der Waals surface area contributed by atoms with Gasteiger partial charge in [-0.25, -0.2) is 4.39 Å². The molecule has 0 aliphatic carbocycles. The van der Waals surface area contributed by atoms with E-state index >= 15 is 0 Å². The molecule has 0 aromatic heterocycles. The van der Waals surface area contributed by atoms with Crippen LogP contribution < -0.4 is 15.0 Å². The number of aryl methyl sites for hydroxylation is 1. The van der Waals surface area contributed by atoms with Crippen LogP contribution in [0.1, 0.15) is 26.9 Å². The van der Waals surface area contributed by atoms with Gasteiger partial charge in [-0.1, -0.05) is 18.2 Å². The van der Waals surface area contributed by atoms with Crippen molar-refractivity contribution >= 4 is 35.0 Å². The van der Waals surface area contributed by atoms with Gasteiger partial charge in [-0.15, -0.1) is 11.8 Å². The largest absolute Gasteiger partial charge is 0.497 e. The van der Waals surface area contributed by atoms with Gasteiger partial charge in [0, 0.05) is 16.9 Å². The van der Waals surface area contributed by atoms with E-state index in [1.807, 2.05) is 12.1 Å². The number of anilines is 2. The molecule has 1 fully saturated rings. The fourth-order valence-electron chi connectivity index (χ4n) is 3.36. The molecule has 4 rings (SSSR count). The molecular weight excluding hydrogens is 415 g/mol. The van der Waals surface area contributed by atoms with E-state index in [0.29, 0.717) is 34.0 Å². The van der Waals surface area contributed by atoms with E-state index in [4.69, 9.17) is 4.74 Å². The van der Waals surface area contributed by atoms with Crippen LogP contribution in [-0.4, -0.2) is 24.7 Å². The number of thioether (sulfide) groups is 1. The third kappa shape index (κ3) is 4.41. The van der Waals surface area contributed by atoms with Crippen molar-refractivity contribution in [3.8, 4) is 5.75 Å². The van der Waals surface area contributed by atoms with Gasteiger partial charge in [-0.2, -0.15) is 0 Å². The van der Waals surface area contributed by atoms with Crippen LogP contribution in [0.25, 0.3) is 0 Å². The first-order valence-electron chi connectivity index (χ1n) is 9.71. The highest BCUT2D eigenvalue weighted by Gasteiger charge is 2.34. The second-order valence-electron chi connectivity index (χ2n) is 7.17. The number of rotatable bonds is 5. The Morgan fingerprint density at radius 1 is 1.10 bits per heavy atom. The molecule has 1 unspecified atom stereocenters. The maximum absolute atomic E-state index is 14.1. The summed E-state index contributed by atoms with van der Waals surface area (Å²) in [7, 11) is 1.57. The molecular formula is C24H21FN2O3S. The summed E-state index contributed by atoms with van der Waals surface area (Å²) in [6.45, 7) is 1.69. The molecule has 0 radical (unpaired) electrons. The molecule has 1 aliphatic rings. The third-order valence-corrected chi connectivity index (χ3v) is 6.32. The summed E-state index contributed by atoms with van der Waals surface area (Å²) in [4.78, 5) is 26.6. The van der Waals surface area contributed by atoms with Crippen molar-refractivity contribution in [2.45, 2.75) is 12.3 Å². The summed E-state index contributed by atoms with van der Waals surface area (Å²) >= 11 is 1.49. The molecule has 2 amide bonds. The smallest absolute Gasteiger partial charge is 0.255 e. The Labute approximate surface area is 184 Å². The number of ether oxygens (including phenoxy) is 1. The first kappa shape index (κ1) is 20.9. The molecule has 1 saturated heterocycles. The summed E-state index contributed by atoms with van der Waals surface area (Å²) in [6.07, 6.45) is 0. The van der Waals surface area contributed by atoms with E-state index in [-0.39, 0.29) is 23.0 Å². The number of carbonyl (C=O) groups is 2. The monoisotopic (exact) mass is 436 g/mol. The third-order valence-electron chi connectivity index (χ3n) is 5.11. The lowest BCUT2D eigenvalue weighted by Crippen LogP contribution is -2.28. The summed E-state index contributed by atoms with van der Waals surface area (Å²) in [5.41, 5.74) is 3.15. The van der Waals surface area contributed by atoms with Gasteiger partial charge in [0.15, 0.2) is 0 Å². The van der Waals surface area contributed by atoms with E-state index in [9.17, 15) is 14.0 Å². The number of nitrogens with one attached hydrogen (secondary N) is 1. The summed E-state index contributed by atoms with van der Waals surface area (Å²) in [5, 5.41) is 2.61. The summed E-state index contributed by atoms with van der Waals surface area (Å²) < 4.78 is 19.2. The Balaban J connectivity index is 1.50. The second-order valence-corrected chi connectivity index (χ2v) is 8.23. The van der Waals surface area contributed by atoms with E-state index in [1.165, 1.54) is 17.8 Å². The molecule has 1 aliphatic heterocycles. The van der Waals surface area contributed by atoms with Gasteiger partial charge in [-0.3, -0.25) is 14.5 Å². The molecule has 31 heavy (non-hydrogen) atoms. The lowest BCUT2D eigenvalue weighted by Gasteiger charge is -2.25. The Hall–Kier alpha value is -3.32. The average Bonchev–Trinajstić information content (AvgIpc) is 3.17. The molecule has 5 nitrogen and oxygen atoms in total. The minimum atomic E-state index is -0.336. The van der Waals surface area contributed by atoms with E-state index in [0.717, 1.165) is 5.56 Å². The van der Waals surface area contributed by atoms with E-state index in [1.54, 1.807) is 67.5 Å². The first-order valence-corrected chi connectivity index (χ1v) is 10.8. The van der Waals surface area contributed by atoms with Crippen molar-refractivity contribution in [1.82, 2.24) is 0 Å². The molecule has 158 valence electrons. The Kier molecular flexibility index (Phi) is 5.95. The van der Waals surface area contributed by atoms with Crippen LogP contribution in [0.4, 0.5) is 15.8 Å². The van der Waals surface area contributed by atoms with Crippen molar-refractivity contribution in [1.29, 1.82) is 0 Å². The number of amides is 2. The Bertz CT molecular complexity index is 1120. The highest BCUT2D eigenvalue weighted by Crippen LogP contribution is 2.42. The molecule has 0 spiro atoms. The van der Waals surface area contributed by atoms with Gasteiger partial charge in [0.05, 0.1) is 12.9 Å². The molecule has 1 atom stereocenters. The summed E-state index contributed by atoms with van der Waals surface area (Å²) in [5.74, 6) is 0.392. The highest BCUT2D eigenvalue weighted by molar-refractivity contribution is 8.00. The fraction of sp³-hybridized carbons (Fsp3) is 0.167. The summed E-state index contributed by atoms with van der Waals surface area (Å²) in [6, 6.07) is 19.0.